The van der Waals surface area contributed by atoms with E-state index in [0.717, 1.165) is 0 Å². The van der Waals surface area contributed by atoms with Crippen LogP contribution in [0.5, 0.6) is 0 Å². The molecule has 0 saturated carbocycles. The lowest BCUT2D eigenvalue weighted by Crippen LogP contribution is -2.27. The molecule has 0 aliphatic heterocycles. The third-order valence-corrected chi connectivity index (χ3v) is 2.55. The van der Waals surface area contributed by atoms with Crippen LogP contribution in [0.25, 0.3) is 11.5 Å². The van der Waals surface area contributed by atoms with Gasteiger partial charge in [0.15, 0.2) is 0 Å². The van der Waals surface area contributed by atoms with Crippen LogP contribution in [0, 0.1) is 0 Å². The number of benzene rings is 1. The molecule has 1 N–H and O–H groups in total. The highest BCUT2D eigenvalue weighted by Gasteiger charge is 2.15. The Labute approximate surface area is 114 Å². The summed E-state index contributed by atoms with van der Waals surface area (Å²) in [5, 5.41) is 10.7. The number of rotatable bonds is 5. The monoisotopic (exact) mass is 281 g/mol. The fourth-order valence-corrected chi connectivity index (χ4v) is 1.49. The zero-order chi connectivity index (χ0) is 13.7. The second-order valence-electron chi connectivity index (χ2n) is 3.67. The summed E-state index contributed by atoms with van der Waals surface area (Å²) in [5.74, 6) is -0.237. The number of methoxy groups -OCH3 is 1. The van der Waals surface area contributed by atoms with Gasteiger partial charge in [-0.3, -0.25) is 4.79 Å². The number of carbonyl (C=O) groups excluding carboxylic acids is 1. The van der Waals surface area contributed by atoms with Gasteiger partial charge < -0.3 is 14.5 Å². The van der Waals surface area contributed by atoms with Gasteiger partial charge in [0.2, 0.25) is 5.89 Å². The molecule has 6 nitrogen and oxygen atoms in total. The van der Waals surface area contributed by atoms with Gasteiger partial charge in [-0.05, 0) is 24.3 Å². The Balaban J connectivity index is 2.06. The molecule has 1 amide bonds. The molecule has 0 unspecified atom stereocenters. The average molecular weight is 282 g/mol. The van der Waals surface area contributed by atoms with Gasteiger partial charge in [-0.1, -0.05) is 11.6 Å². The van der Waals surface area contributed by atoms with Crippen molar-refractivity contribution in [1.29, 1.82) is 0 Å². The molecule has 0 atom stereocenters. The number of nitrogens with zero attached hydrogens (tertiary/aromatic N) is 2. The van der Waals surface area contributed by atoms with Crippen molar-refractivity contribution in [3.63, 3.8) is 0 Å². The molecule has 0 fully saturated rings. The van der Waals surface area contributed by atoms with Crippen LogP contribution in [0.2, 0.25) is 5.02 Å². The highest BCUT2D eigenvalue weighted by molar-refractivity contribution is 6.30. The zero-order valence-electron chi connectivity index (χ0n) is 10.2. The summed E-state index contributed by atoms with van der Waals surface area (Å²) in [6.45, 7) is 0.803. The predicted octanol–water partition coefficient (Wildman–Crippen LogP) is 1.77. The molecule has 0 spiro atoms. The minimum absolute atomic E-state index is 0.0824. The molecule has 2 rings (SSSR count). The van der Waals surface area contributed by atoms with E-state index >= 15 is 0 Å². The number of hydrogen-bond donors (Lipinski definition) is 1. The second-order valence-corrected chi connectivity index (χ2v) is 4.10. The molecule has 2 aromatic rings. The quantitative estimate of drug-likeness (QED) is 0.845. The minimum atomic E-state index is -0.426. The summed E-state index contributed by atoms with van der Waals surface area (Å²) in [6.07, 6.45) is 0. The van der Waals surface area contributed by atoms with Crippen molar-refractivity contribution in [2.45, 2.75) is 0 Å². The standard InChI is InChI=1S/C12H12ClN3O3/c1-18-7-6-14-10(17)12-16-15-11(19-12)8-2-4-9(13)5-3-8/h2-5H,6-7H2,1H3,(H,14,17). The van der Waals surface area contributed by atoms with E-state index in [9.17, 15) is 4.79 Å². The molecule has 0 saturated heterocycles. The lowest BCUT2D eigenvalue weighted by molar-refractivity contribution is 0.0903. The van der Waals surface area contributed by atoms with E-state index in [1.54, 1.807) is 31.4 Å². The highest BCUT2D eigenvalue weighted by atomic mass is 35.5. The Kier molecular flexibility index (Phi) is 4.48. The summed E-state index contributed by atoms with van der Waals surface area (Å²) in [4.78, 5) is 11.6. The van der Waals surface area contributed by atoms with Crippen LogP contribution in [-0.4, -0.2) is 36.4 Å². The van der Waals surface area contributed by atoms with Gasteiger partial charge in [0.25, 0.3) is 0 Å². The molecular formula is C12H12ClN3O3. The lowest BCUT2D eigenvalue weighted by Gasteiger charge is -1.99. The smallest absolute Gasteiger partial charge is 0.308 e. The summed E-state index contributed by atoms with van der Waals surface area (Å²) in [5.41, 5.74) is 0.702. The normalized spacial score (nSPS) is 10.4. The van der Waals surface area contributed by atoms with Gasteiger partial charge in [-0.2, -0.15) is 0 Å². The summed E-state index contributed by atoms with van der Waals surface area (Å²) < 4.78 is 10.1. The topological polar surface area (TPSA) is 77.2 Å². The minimum Gasteiger partial charge on any atom is -0.412 e. The molecule has 100 valence electrons. The third-order valence-electron chi connectivity index (χ3n) is 2.30. The van der Waals surface area contributed by atoms with Crippen LogP contribution >= 0.6 is 11.6 Å². The number of aromatic nitrogens is 2. The van der Waals surface area contributed by atoms with Crippen molar-refractivity contribution in [1.82, 2.24) is 15.5 Å². The van der Waals surface area contributed by atoms with Crippen LogP contribution in [0.3, 0.4) is 0 Å². The van der Waals surface area contributed by atoms with Gasteiger partial charge in [0.1, 0.15) is 0 Å². The van der Waals surface area contributed by atoms with Crippen LogP contribution in [0.15, 0.2) is 28.7 Å². The predicted molar refractivity (Wildman–Crippen MR) is 69.0 cm³/mol. The van der Waals surface area contributed by atoms with E-state index in [2.05, 4.69) is 15.5 Å². The van der Waals surface area contributed by atoms with Crippen molar-refractivity contribution in [3.05, 3.63) is 35.2 Å². The maximum Gasteiger partial charge on any atom is 0.308 e. The number of halogens is 1. The molecule has 1 heterocycles. The van der Waals surface area contributed by atoms with E-state index in [-0.39, 0.29) is 11.8 Å². The second kappa shape index (κ2) is 6.31. The average Bonchev–Trinajstić information content (AvgIpc) is 2.89. The van der Waals surface area contributed by atoms with Crippen LogP contribution < -0.4 is 5.32 Å². The van der Waals surface area contributed by atoms with Crippen molar-refractivity contribution in [2.24, 2.45) is 0 Å². The number of ether oxygens (including phenoxy) is 1. The summed E-state index contributed by atoms with van der Waals surface area (Å²) in [7, 11) is 1.55. The summed E-state index contributed by atoms with van der Waals surface area (Å²) in [6, 6.07) is 6.89. The molecule has 7 heteroatoms. The molecule has 0 aliphatic carbocycles. The molecule has 1 aromatic heterocycles. The van der Waals surface area contributed by atoms with Gasteiger partial charge in [-0.15, -0.1) is 10.2 Å². The number of carbonyl (C=O) groups is 1. The van der Waals surface area contributed by atoms with Gasteiger partial charge >= 0.3 is 11.8 Å². The first-order chi connectivity index (χ1) is 9.20. The Bertz CT molecular complexity index is 554. The number of amides is 1. The lowest BCUT2D eigenvalue weighted by atomic mass is 10.2. The number of hydrogen-bond acceptors (Lipinski definition) is 5. The molecular weight excluding hydrogens is 270 g/mol. The third kappa shape index (κ3) is 3.52. The van der Waals surface area contributed by atoms with E-state index in [0.29, 0.717) is 23.7 Å². The Morgan fingerprint density at radius 1 is 1.37 bits per heavy atom. The first-order valence-corrected chi connectivity index (χ1v) is 5.95. The number of nitrogens with one attached hydrogen (secondary N) is 1. The Morgan fingerprint density at radius 2 is 2.11 bits per heavy atom. The fraction of sp³-hybridized carbons (Fsp3) is 0.250. The fourth-order valence-electron chi connectivity index (χ4n) is 1.37. The van der Waals surface area contributed by atoms with Crippen molar-refractivity contribution >= 4 is 17.5 Å². The van der Waals surface area contributed by atoms with Crippen LogP contribution in [0.1, 0.15) is 10.7 Å². The molecule has 1 aromatic carbocycles. The zero-order valence-corrected chi connectivity index (χ0v) is 11.0. The van der Waals surface area contributed by atoms with E-state index in [1.807, 2.05) is 0 Å². The maximum absolute atomic E-state index is 11.6. The van der Waals surface area contributed by atoms with Gasteiger partial charge in [-0.25, -0.2) is 0 Å². The van der Waals surface area contributed by atoms with E-state index in [1.165, 1.54) is 0 Å². The Morgan fingerprint density at radius 3 is 2.79 bits per heavy atom. The first kappa shape index (κ1) is 13.5. The SMILES string of the molecule is COCCNC(=O)c1nnc(-c2ccc(Cl)cc2)o1. The van der Waals surface area contributed by atoms with Crippen LogP contribution in [-0.2, 0) is 4.74 Å². The summed E-state index contributed by atoms with van der Waals surface area (Å²) >= 11 is 5.78. The van der Waals surface area contributed by atoms with Crippen molar-refractivity contribution in [2.75, 3.05) is 20.3 Å². The highest BCUT2D eigenvalue weighted by Crippen LogP contribution is 2.19. The molecule has 0 radical (unpaired) electrons. The largest absolute Gasteiger partial charge is 0.412 e. The first-order valence-electron chi connectivity index (χ1n) is 5.57. The van der Waals surface area contributed by atoms with E-state index < -0.39 is 5.91 Å². The molecule has 0 bridgehead atoms. The van der Waals surface area contributed by atoms with Crippen molar-refractivity contribution in [3.8, 4) is 11.5 Å². The molecule has 0 aliphatic rings. The van der Waals surface area contributed by atoms with Crippen molar-refractivity contribution < 1.29 is 13.9 Å². The molecule has 19 heavy (non-hydrogen) atoms. The van der Waals surface area contributed by atoms with E-state index in [4.69, 9.17) is 20.8 Å². The van der Waals surface area contributed by atoms with Gasteiger partial charge in [0.05, 0.1) is 6.61 Å². The van der Waals surface area contributed by atoms with Gasteiger partial charge in [0, 0.05) is 24.2 Å². The maximum atomic E-state index is 11.6. The Hall–Kier alpha value is -1.92. The van der Waals surface area contributed by atoms with Crippen LogP contribution in [0.4, 0.5) is 0 Å².